The molecule has 0 aromatic rings. The van der Waals surface area contributed by atoms with Gasteiger partial charge in [-0.05, 0) is 25.2 Å². The lowest BCUT2D eigenvalue weighted by Gasteiger charge is -2.17. The number of sulfonamides is 1. The Kier molecular flexibility index (Phi) is 5.14. The van der Waals surface area contributed by atoms with E-state index in [1.54, 1.807) is 6.92 Å². The minimum absolute atomic E-state index is 0.0104. The number of carbonyl (C=O) groups is 1. The van der Waals surface area contributed by atoms with Crippen molar-refractivity contribution in [2.75, 3.05) is 5.75 Å². The molecule has 0 fully saturated rings. The maximum Gasteiger partial charge on any atom is 0.250 e. The number of hydrogen-bond acceptors (Lipinski definition) is 4. The number of nitrogens with two attached hydrogens (primary N) is 1. The topological polar surface area (TPSA) is 89.3 Å². The third-order valence-corrected chi connectivity index (χ3v) is 4.19. The van der Waals surface area contributed by atoms with Crippen LogP contribution in [0.1, 0.15) is 32.6 Å². The molecule has 0 spiro atoms. The van der Waals surface area contributed by atoms with Gasteiger partial charge in [0.25, 0.3) is 5.91 Å². The highest BCUT2D eigenvalue weighted by atomic mass is 32.2. The Hall–Kier alpha value is -0.880. The molecule has 6 heteroatoms. The summed E-state index contributed by atoms with van der Waals surface area (Å²) in [6.07, 6.45) is 7.16. The Morgan fingerprint density at radius 3 is 2.76 bits per heavy atom. The fourth-order valence-corrected chi connectivity index (χ4v) is 2.80. The Labute approximate surface area is 103 Å². The first-order valence-corrected chi connectivity index (χ1v) is 7.54. The van der Waals surface area contributed by atoms with Crippen molar-refractivity contribution in [2.24, 2.45) is 11.7 Å². The van der Waals surface area contributed by atoms with Gasteiger partial charge in [0.15, 0.2) is 0 Å². The zero-order valence-corrected chi connectivity index (χ0v) is 10.9. The van der Waals surface area contributed by atoms with Crippen molar-refractivity contribution in [1.29, 1.82) is 0 Å². The Morgan fingerprint density at radius 2 is 2.06 bits per heavy atom. The van der Waals surface area contributed by atoms with Gasteiger partial charge in [-0.2, -0.15) is 0 Å². The first kappa shape index (κ1) is 14.2. The van der Waals surface area contributed by atoms with Gasteiger partial charge in [0.2, 0.25) is 10.0 Å². The van der Waals surface area contributed by atoms with Crippen LogP contribution in [0.4, 0.5) is 0 Å². The van der Waals surface area contributed by atoms with Crippen molar-refractivity contribution in [2.45, 2.75) is 38.6 Å². The highest BCUT2D eigenvalue weighted by Gasteiger charge is 2.23. The third kappa shape index (κ3) is 4.87. The largest absolute Gasteiger partial charge is 0.319 e. The van der Waals surface area contributed by atoms with Gasteiger partial charge in [-0.25, -0.2) is 8.42 Å². The van der Waals surface area contributed by atoms with E-state index in [9.17, 15) is 13.2 Å². The molecule has 1 aliphatic rings. The predicted octanol–water partition coefficient (Wildman–Crippen LogP) is 0.526. The van der Waals surface area contributed by atoms with E-state index in [2.05, 4.69) is 0 Å². The maximum atomic E-state index is 11.6. The van der Waals surface area contributed by atoms with Gasteiger partial charge in [-0.3, -0.25) is 9.52 Å². The third-order valence-electron chi connectivity index (χ3n) is 2.85. The van der Waals surface area contributed by atoms with Crippen molar-refractivity contribution in [1.82, 2.24) is 4.72 Å². The average Bonchev–Trinajstić information content (AvgIpc) is 2.24. The number of carbonyl (C=O) groups excluding carboxylic acids is 1. The van der Waals surface area contributed by atoms with Gasteiger partial charge >= 0.3 is 0 Å². The van der Waals surface area contributed by atoms with Crippen LogP contribution in [0.2, 0.25) is 0 Å². The normalized spacial score (nSPS) is 32.9. The first-order chi connectivity index (χ1) is 7.92. The van der Waals surface area contributed by atoms with E-state index >= 15 is 0 Å². The summed E-state index contributed by atoms with van der Waals surface area (Å²) in [6.45, 7) is 1.80. The molecule has 0 saturated heterocycles. The van der Waals surface area contributed by atoms with Crippen LogP contribution in [0.3, 0.4) is 0 Å². The molecular formula is C11H20N2O3S. The van der Waals surface area contributed by atoms with Crippen LogP contribution in [0, 0.1) is 5.92 Å². The Bertz CT molecular complexity index is 390. The molecule has 1 heterocycles. The quantitative estimate of drug-likeness (QED) is 0.622. The van der Waals surface area contributed by atoms with E-state index in [-0.39, 0.29) is 11.7 Å². The fraction of sp³-hybridized carbons (Fsp3) is 0.727. The average molecular weight is 260 g/mol. The number of nitrogens with one attached hydrogen (secondary N) is 1. The van der Waals surface area contributed by atoms with Crippen molar-refractivity contribution in [3.05, 3.63) is 12.2 Å². The lowest BCUT2D eigenvalue weighted by atomic mass is 10.0. The van der Waals surface area contributed by atoms with Gasteiger partial charge < -0.3 is 5.73 Å². The summed E-state index contributed by atoms with van der Waals surface area (Å²) < 4.78 is 25.1. The summed E-state index contributed by atoms with van der Waals surface area (Å²) in [5, 5.41) is 0. The zero-order valence-electron chi connectivity index (χ0n) is 10.1. The van der Waals surface area contributed by atoms with E-state index in [1.165, 1.54) is 0 Å². The van der Waals surface area contributed by atoms with Crippen LogP contribution in [0.15, 0.2) is 12.2 Å². The van der Waals surface area contributed by atoms with Crippen LogP contribution in [0.5, 0.6) is 0 Å². The molecule has 2 atom stereocenters. The van der Waals surface area contributed by atoms with E-state index in [4.69, 9.17) is 5.73 Å². The number of rotatable bonds is 0. The zero-order chi connectivity index (χ0) is 12.9. The molecule has 0 saturated carbocycles. The number of allylic oxidation sites excluding steroid dienone is 1. The Morgan fingerprint density at radius 1 is 1.35 bits per heavy atom. The summed E-state index contributed by atoms with van der Waals surface area (Å²) in [7, 11) is -3.52. The molecule has 3 N–H and O–H groups in total. The van der Waals surface area contributed by atoms with E-state index in [0.29, 0.717) is 6.42 Å². The summed E-state index contributed by atoms with van der Waals surface area (Å²) in [6, 6.07) is -0.819. The molecule has 5 nitrogen and oxygen atoms in total. The molecule has 98 valence electrons. The second-order valence-corrected chi connectivity index (χ2v) is 6.29. The molecule has 0 aromatic carbocycles. The van der Waals surface area contributed by atoms with Crippen molar-refractivity contribution >= 4 is 15.9 Å². The maximum absolute atomic E-state index is 11.6. The van der Waals surface area contributed by atoms with Crippen molar-refractivity contribution < 1.29 is 13.2 Å². The fourth-order valence-electron chi connectivity index (χ4n) is 1.67. The number of hydrogen-bond donors (Lipinski definition) is 2. The monoisotopic (exact) mass is 260 g/mol. The summed E-state index contributed by atoms with van der Waals surface area (Å²) in [5.74, 6) is -0.795. The summed E-state index contributed by atoms with van der Waals surface area (Å²) in [4.78, 5) is 11.6. The second kappa shape index (κ2) is 6.16. The van der Waals surface area contributed by atoms with E-state index in [0.717, 1.165) is 19.3 Å². The van der Waals surface area contributed by atoms with Gasteiger partial charge in [0, 0.05) is 0 Å². The van der Waals surface area contributed by atoms with Gasteiger partial charge in [-0.15, -0.1) is 0 Å². The molecule has 1 aliphatic heterocycles. The highest BCUT2D eigenvalue weighted by Crippen LogP contribution is 2.09. The lowest BCUT2D eigenvalue weighted by Crippen LogP contribution is -2.47. The second-order valence-electron chi connectivity index (χ2n) is 4.45. The molecule has 1 unspecified atom stereocenters. The van der Waals surface area contributed by atoms with Crippen molar-refractivity contribution in [3.8, 4) is 0 Å². The van der Waals surface area contributed by atoms with Crippen LogP contribution in [-0.2, 0) is 14.8 Å². The number of amides is 1. The summed E-state index contributed by atoms with van der Waals surface area (Å²) >= 11 is 0. The van der Waals surface area contributed by atoms with E-state index < -0.39 is 22.0 Å². The Balaban J connectivity index is 2.79. The highest BCUT2D eigenvalue weighted by molar-refractivity contribution is 7.90. The van der Waals surface area contributed by atoms with Gasteiger partial charge in [0.1, 0.15) is 0 Å². The molecule has 1 amide bonds. The molecule has 0 aliphatic carbocycles. The van der Waals surface area contributed by atoms with Gasteiger partial charge in [-0.1, -0.05) is 25.5 Å². The van der Waals surface area contributed by atoms with Gasteiger partial charge in [0.05, 0.1) is 11.8 Å². The molecular weight excluding hydrogens is 240 g/mol. The standard InChI is InChI=1S/C11H20N2O3S/c1-9-7-5-3-2-4-6-8-17(15,16)13-11(14)10(9)12/h5,7,9-10H,2-4,6,8,12H2,1H3,(H,13,14)/b7-5-/t9-,10?/m0/s1. The minimum atomic E-state index is -3.52. The lowest BCUT2D eigenvalue weighted by molar-refractivity contribution is -0.121. The van der Waals surface area contributed by atoms with Crippen molar-refractivity contribution in [3.63, 3.8) is 0 Å². The molecule has 17 heavy (non-hydrogen) atoms. The van der Waals surface area contributed by atoms with E-state index in [1.807, 2.05) is 16.9 Å². The van der Waals surface area contributed by atoms with Crippen LogP contribution >= 0.6 is 0 Å². The smallest absolute Gasteiger partial charge is 0.250 e. The van der Waals surface area contributed by atoms with Crippen LogP contribution < -0.4 is 10.5 Å². The van der Waals surface area contributed by atoms with Crippen LogP contribution in [0.25, 0.3) is 0 Å². The molecule has 0 bridgehead atoms. The molecule has 0 radical (unpaired) electrons. The predicted molar refractivity (Wildman–Crippen MR) is 66.7 cm³/mol. The first-order valence-electron chi connectivity index (χ1n) is 5.89. The SMILES string of the molecule is C[C@H]1/C=C\CCCCCS(=O)(=O)NC(=O)C1N. The molecule has 1 rings (SSSR count). The summed E-state index contributed by atoms with van der Waals surface area (Å²) in [5.41, 5.74) is 5.70. The minimum Gasteiger partial charge on any atom is -0.319 e. The van der Waals surface area contributed by atoms with Crippen LogP contribution in [-0.4, -0.2) is 26.1 Å². The molecule has 0 aromatic heterocycles.